The third-order valence-electron chi connectivity index (χ3n) is 6.97. The van der Waals surface area contributed by atoms with Crippen LogP contribution in [0.5, 0.6) is 11.5 Å². The lowest BCUT2D eigenvalue weighted by molar-refractivity contribution is -0.137. The number of nitrogens with zero attached hydrogens (tertiary/aromatic N) is 2. The number of carboxylic acids is 1. The van der Waals surface area contributed by atoms with Crippen LogP contribution in [0.3, 0.4) is 0 Å². The number of carbonyl (C=O) groups excluding carboxylic acids is 1. The van der Waals surface area contributed by atoms with Crippen LogP contribution in [0, 0.1) is 23.7 Å². The van der Waals surface area contributed by atoms with Gasteiger partial charge in [-0.1, -0.05) is 33.8 Å². The molecular weight excluding hydrogens is 434 g/mol. The van der Waals surface area contributed by atoms with Crippen LogP contribution in [0.2, 0.25) is 0 Å². The maximum Gasteiger partial charge on any atom is 0.305 e. The summed E-state index contributed by atoms with van der Waals surface area (Å²) >= 11 is 0. The van der Waals surface area contributed by atoms with E-state index < -0.39 is 12.0 Å². The van der Waals surface area contributed by atoms with E-state index in [4.69, 9.17) is 9.47 Å². The van der Waals surface area contributed by atoms with Crippen molar-refractivity contribution in [2.45, 2.75) is 59.5 Å². The Balaban J connectivity index is 1.95. The molecule has 8 nitrogen and oxygen atoms in total. The van der Waals surface area contributed by atoms with Crippen molar-refractivity contribution in [3.8, 4) is 22.8 Å². The minimum absolute atomic E-state index is 0.122. The quantitative estimate of drug-likeness (QED) is 0.473. The molecular formula is C26H37N3O5. The van der Waals surface area contributed by atoms with E-state index in [1.807, 2.05) is 22.9 Å². The molecule has 0 radical (unpaired) electrons. The summed E-state index contributed by atoms with van der Waals surface area (Å²) in [5.41, 5.74) is 1.73. The first-order chi connectivity index (χ1) is 16.2. The van der Waals surface area contributed by atoms with Gasteiger partial charge in [-0.15, -0.1) is 0 Å². The zero-order valence-corrected chi connectivity index (χ0v) is 21.0. The van der Waals surface area contributed by atoms with Crippen molar-refractivity contribution in [3.63, 3.8) is 0 Å². The van der Waals surface area contributed by atoms with Crippen molar-refractivity contribution >= 4 is 11.9 Å². The lowest BCUT2D eigenvalue weighted by atomic mass is 10.0. The minimum atomic E-state index is -0.934. The number of amides is 1. The number of carbonyl (C=O) groups is 2. The predicted molar refractivity (Wildman–Crippen MR) is 130 cm³/mol. The van der Waals surface area contributed by atoms with Crippen LogP contribution in [-0.4, -0.2) is 47.0 Å². The SMILES string of the molecule is COc1cccc(OC)c1-c1cc(C(=O)N[C@@H](CCC(C)C)CC(=O)O)nn1CC1C(C)C1C. The van der Waals surface area contributed by atoms with Gasteiger partial charge in [0.05, 0.1) is 31.9 Å². The number of hydrogen-bond acceptors (Lipinski definition) is 5. The number of aliphatic carboxylic acids is 1. The van der Waals surface area contributed by atoms with Gasteiger partial charge >= 0.3 is 5.97 Å². The number of carboxylic acid groups (broad SMARTS) is 1. The van der Waals surface area contributed by atoms with Crippen molar-refractivity contribution in [3.05, 3.63) is 30.0 Å². The Bertz CT molecular complexity index is 986. The maximum absolute atomic E-state index is 13.2. The van der Waals surface area contributed by atoms with Crippen LogP contribution in [-0.2, 0) is 11.3 Å². The summed E-state index contributed by atoms with van der Waals surface area (Å²) in [4.78, 5) is 24.5. The average Bonchev–Trinajstić information content (AvgIpc) is 3.17. The van der Waals surface area contributed by atoms with Crippen molar-refractivity contribution < 1.29 is 24.2 Å². The van der Waals surface area contributed by atoms with Gasteiger partial charge in [-0.3, -0.25) is 14.3 Å². The molecule has 186 valence electrons. The molecule has 1 aliphatic rings. The highest BCUT2D eigenvalue weighted by Crippen LogP contribution is 2.47. The van der Waals surface area contributed by atoms with E-state index in [9.17, 15) is 14.7 Å². The molecule has 0 spiro atoms. The standard InChI is InChI=1S/C26H37N3O5/c1-15(2)10-11-18(12-24(30)31)27-26(32)20-13-21(29(28-20)14-19-16(3)17(19)4)25-22(33-5)8-7-9-23(25)34-6/h7-9,13,15-19H,10-12,14H2,1-6H3,(H,27,32)(H,30,31)/t16?,17?,18-,19?/m0/s1. The number of nitrogens with one attached hydrogen (secondary N) is 1. The van der Waals surface area contributed by atoms with Gasteiger partial charge in [0, 0.05) is 12.6 Å². The number of hydrogen-bond donors (Lipinski definition) is 2. The summed E-state index contributed by atoms with van der Waals surface area (Å²) in [5, 5.41) is 16.9. The van der Waals surface area contributed by atoms with Crippen molar-refractivity contribution in [2.24, 2.45) is 23.7 Å². The molecule has 1 aliphatic carbocycles. The molecule has 0 saturated heterocycles. The fraction of sp³-hybridized carbons (Fsp3) is 0.577. The summed E-state index contributed by atoms with van der Waals surface area (Å²) in [5.74, 6) is 2.02. The molecule has 3 rings (SSSR count). The van der Waals surface area contributed by atoms with Gasteiger partial charge in [-0.2, -0.15) is 5.10 Å². The van der Waals surface area contributed by atoms with Crippen molar-refractivity contribution in [2.75, 3.05) is 14.2 Å². The first kappa shape index (κ1) is 25.6. The second-order valence-electron chi connectivity index (χ2n) is 9.76. The van der Waals surface area contributed by atoms with Crippen LogP contribution < -0.4 is 14.8 Å². The molecule has 0 aliphatic heterocycles. The van der Waals surface area contributed by atoms with Crippen LogP contribution in [0.15, 0.2) is 24.3 Å². The molecule has 2 unspecified atom stereocenters. The highest BCUT2D eigenvalue weighted by atomic mass is 16.5. The third kappa shape index (κ3) is 5.90. The molecule has 1 aromatic heterocycles. The zero-order chi connectivity index (χ0) is 25.0. The van der Waals surface area contributed by atoms with E-state index in [0.29, 0.717) is 48.1 Å². The van der Waals surface area contributed by atoms with E-state index in [0.717, 1.165) is 17.7 Å². The first-order valence-electron chi connectivity index (χ1n) is 12.0. The molecule has 34 heavy (non-hydrogen) atoms. The second-order valence-corrected chi connectivity index (χ2v) is 9.76. The fourth-order valence-electron chi connectivity index (χ4n) is 4.50. The second kappa shape index (κ2) is 10.9. The summed E-state index contributed by atoms with van der Waals surface area (Å²) in [6.07, 6.45) is 1.30. The fourth-order valence-corrected chi connectivity index (χ4v) is 4.50. The van der Waals surface area contributed by atoms with E-state index >= 15 is 0 Å². The molecule has 1 fully saturated rings. The summed E-state index contributed by atoms with van der Waals surface area (Å²) < 4.78 is 13.1. The Hall–Kier alpha value is -3.03. The van der Waals surface area contributed by atoms with Crippen LogP contribution >= 0.6 is 0 Å². The van der Waals surface area contributed by atoms with Gasteiger partial charge in [0.15, 0.2) is 5.69 Å². The average molecular weight is 472 g/mol. The van der Waals surface area contributed by atoms with E-state index in [1.165, 1.54) is 0 Å². The largest absolute Gasteiger partial charge is 0.496 e. The van der Waals surface area contributed by atoms with Crippen LogP contribution in [0.25, 0.3) is 11.3 Å². The monoisotopic (exact) mass is 471 g/mol. The van der Waals surface area contributed by atoms with Gasteiger partial charge in [-0.05, 0) is 54.7 Å². The Morgan fingerprint density at radius 2 is 1.74 bits per heavy atom. The van der Waals surface area contributed by atoms with E-state index in [-0.39, 0.29) is 18.0 Å². The molecule has 0 bridgehead atoms. The van der Waals surface area contributed by atoms with Gasteiger partial charge in [0.2, 0.25) is 0 Å². The summed E-state index contributed by atoms with van der Waals surface area (Å²) in [6, 6.07) is 6.85. The summed E-state index contributed by atoms with van der Waals surface area (Å²) in [6.45, 7) is 9.28. The Morgan fingerprint density at radius 1 is 1.12 bits per heavy atom. The topological polar surface area (TPSA) is 103 Å². The van der Waals surface area contributed by atoms with Crippen molar-refractivity contribution in [1.29, 1.82) is 0 Å². The van der Waals surface area contributed by atoms with Gasteiger partial charge in [0.1, 0.15) is 11.5 Å². The Labute approximate surface area is 201 Å². The third-order valence-corrected chi connectivity index (χ3v) is 6.97. The lowest BCUT2D eigenvalue weighted by Crippen LogP contribution is -2.37. The molecule has 8 heteroatoms. The highest BCUT2D eigenvalue weighted by molar-refractivity contribution is 5.94. The lowest BCUT2D eigenvalue weighted by Gasteiger charge is -2.17. The molecule has 1 heterocycles. The number of rotatable bonds is 12. The Morgan fingerprint density at radius 3 is 2.24 bits per heavy atom. The van der Waals surface area contributed by atoms with E-state index in [1.54, 1.807) is 20.3 Å². The number of benzene rings is 1. The first-order valence-corrected chi connectivity index (χ1v) is 12.0. The number of methoxy groups -OCH3 is 2. The highest BCUT2D eigenvalue weighted by Gasteiger charge is 2.43. The summed E-state index contributed by atoms with van der Waals surface area (Å²) in [7, 11) is 3.20. The molecule has 1 saturated carbocycles. The van der Waals surface area contributed by atoms with Gasteiger partial charge in [0.25, 0.3) is 5.91 Å². The van der Waals surface area contributed by atoms with Crippen LogP contribution in [0.1, 0.15) is 57.4 Å². The molecule has 3 atom stereocenters. The minimum Gasteiger partial charge on any atom is -0.496 e. The number of aromatic nitrogens is 2. The predicted octanol–water partition coefficient (Wildman–Crippen LogP) is 4.48. The van der Waals surface area contributed by atoms with Crippen LogP contribution in [0.4, 0.5) is 0 Å². The smallest absolute Gasteiger partial charge is 0.305 e. The molecule has 2 aromatic rings. The normalized spacial score (nSPS) is 20.1. The number of ether oxygens (including phenoxy) is 2. The molecule has 1 amide bonds. The zero-order valence-electron chi connectivity index (χ0n) is 21.0. The molecule has 2 N–H and O–H groups in total. The molecule has 1 aromatic carbocycles. The van der Waals surface area contributed by atoms with Crippen molar-refractivity contribution in [1.82, 2.24) is 15.1 Å². The Kier molecular flexibility index (Phi) is 8.23. The van der Waals surface area contributed by atoms with Gasteiger partial charge < -0.3 is 19.9 Å². The van der Waals surface area contributed by atoms with Gasteiger partial charge in [-0.25, -0.2) is 0 Å². The maximum atomic E-state index is 13.2. The van der Waals surface area contributed by atoms with E-state index in [2.05, 4.69) is 38.1 Å².